The predicted octanol–water partition coefficient (Wildman–Crippen LogP) is 1.42. The Morgan fingerprint density at radius 2 is 1.69 bits per heavy atom. The van der Waals surface area contributed by atoms with Crippen molar-refractivity contribution >= 4 is 15.6 Å². The van der Waals surface area contributed by atoms with Gasteiger partial charge in [0.05, 0.1) is 5.75 Å². The molecule has 0 saturated heterocycles. The fourth-order valence-electron chi connectivity index (χ4n) is 1.10. The van der Waals surface area contributed by atoms with Gasteiger partial charge in [-0.2, -0.15) is 0 Å². The molecular formula is C9H18O3S. The second kappa shape index (κ2) is 4.74. The third kappa shape index (κ3) is 3.89. The molecule has 0 spiro atoms. The Kier molecular flexibility index (Phi) is 4.61. The number of hydrogen-bond acceptors (Lipinski definition) is 3. The van der Waals surface area contributed by atoms with Gasteiger partial charge in [0.25, 0.3) is 0 Å². The fraction of sp³-hybridized carbons (Fsp3) is 0.889. The Labute approximate surface area is 80.4 Å². The lowest BCUT2D eigenvalue weighted by atomic mass is 10.2. The number of ketones is 1. The van der Waals surface area contributed by atoms with E-state index in [4.69, 9.17) is 0 Å². The molecule has 0 aliphatic carbocycles. The maximum atomic E-state index is 11.5. The van der Waals surface area contributed by atoms with Gasteiger partial charge in [-0.05, 0) is 12.8 Å². The highest BCUT2D eigenvalue weighted by Crippen LogP contribution is 2.09. The molecule has 0 heterocycles. The van der Waals surface area contributed by atoms with Gasteiger partial charge in [-0.1, -0.05) is 20.8 Å². The van der Waals surface area contributed by atoms with Crippen molar-refractivity contribution in [2.45, 2.75) is 39.4 Å². The summed E-state index contributed by atoms with van der Waals surface area (Å²) in [4.78, 5) is 11.2. The predicted molar refractivity (Wildman–Crippen MR) is 53.4 cm³/mol. The molecule has 1 atom stereocenters. The second-order valence-corrected chi connectivity index (χ2v) is 6.05. The molecule has 78 valence electrons. The number of rotatable bonds is 5. The summed E-state index contributed by atoms with van der Waals surface area (Å²) >= 11 is 0. The van der Waals surface area contributed by atoms with Crippen LogP contribution in [0.2, 0.25) is 0 Å². The molecule has 0 aromatic heterocycles. The lowest BCUT2D eigenvalue weighted by molar-refractivity contribution is -0.118. The van der Waals surface area contributed by atoms with Crippen molar-refractivity contribution in [2.24, 2.45) is 5.92 Å². The van der Waals surface area contributed by atoms with E-state index in [1.807, 2.05) is 13.8 Å². The van der Waals surface area contributed by atoms with Crippen molar-refractivity contribution < 1.29 is 13.2 Å². The van der Waals surface area contributed by atoms with Crippen LogP contribution in [-0.2, 0) is 14.6 Å². The van der Waals surface area contributed by atoms with Gasteiger partial charge in [0, 0.05) is 6.42 Å². The molecule has 0 rings (SSSR count). The molecule has 0 amide bonds. The molecular weight excluding hydrogens is 188 g/mol. The van der Waals surface area contributed by atoms with E-state index in [9.17, 15) is 13.2 Å². The molecule has 13 heavy (non-hydrogen) atoms. The van der Waals surface area contributed by atoms with Crippen molar-refractivity contribution in [3.8, 4) is 0 Å². The van der Waals surface area contributed by atoms with Crippen LogP contribution in [0.15, 0.2) is 0 Å². The van der Waals surface area contributed by atoms with Crippen LogP contribution in [-0.4, -0.2) is 25.2 Å². The molecule has 0 saturated carbocycles. The molecule has 1 unspecified atom stereocenters. The quantitative estimate of drug-likeness (QED) is 0.683. The van der Waals surface area contributed by atoms with Crippen LogP contribution in [0.5, 0.6) is 0 Å². The van der Waals surface area contributed by atoms with Crippen LogP contribution in [0.4, 0.5) is 0 Å². The lowest BCUT2D eigenvalue weighted by Crippen LogP contribution is -2.30. The highest BCUT2D eigenvalue weighted by molar-refractivity contribution is 7.92. The Morgan fingerprint density at radius 3 is 2.00 bits per heavy atom. The Morgan fingerprint density at radius 1 is 1.23 bits per heavy atom. The van der Waals surface area contributed by atoms with Gasteiger partial charge in [-0.25, -0.2) is 8.42 Å². The smallest absolute Gasteiger partial charge is 0.160 e. The topological polar surface area (TPSA) is 51.2 Å². The fourth-order valence-corrected chi connectivity index (χ4v) is 2.88. The maximum absolute atomic E-state index is 11.5. The lowest BCUT2D eigenvalue weighted by Gasteiger charge is -2.12. The van der Waals surface area contributed by atoms with Gasteiger partial charge in [-0.3, -0.25) is 4.79 Å². The van der Waals surface area contributed by atoms with Crippen molar-refractivity contribution in [3.63, 3.8) is 0 Å². The summed E-state index contributed by atoms with van der Waals surface area (Å²) in [6.07, 6.45) is 0.290. The zero-order valence-electron chi connectivity index (χ0n) is 8.70. The Hall–Kier alpha value is -0.380. The Balaban J connectivity index is 4.55. The monoisotopic (exact) mass is 206 g/mol. The zero-order chi connectivity index (χ0) is 10.6. The number of carbonyl (C=O) groups is 1. The minimum Gasteiger partial charge on any atom is -0.298 e. The highest BCUT2D eigenvalue weighted by Gasteiger charge is 2.26. The molecule has 3 nitrogen and oxygen atoms in total. The summed E-state index contributed by atoms with van der Waals surface area (Å²) in [7, 11) is -3.22. The van der Waals surface area contributed by atoms with Crippen LogP contribution in [0.1, 0.15) is 34.1 Å². The molecule has 0 N–H and O–H groups in total. The van der Waals surface area contributed by atoms with Crippen molar-refractivity contribution in [3.05, 3.63) is 0 Å². The molecule has 4 heteroatoms. The maximum Gasteiger partial charge on any atom is 0.160 e. The summed E-state index contributed by atoms with van der Waals surface area (Å²) < 4.78 is 23.0. The number of hydrogen-bond donors (Lipinski definition) is 0. The van der Waals surface area contributed by atoms with Crippen LogP contribution in [0.3, 0.4) is 0 Å². The summed E-state index contributed by atoms with van der Waals surface area (Å²) in [5.41, 5.74) is 0. The average molecular weight is 206 g/mol. The minimum atomic E-state index is -3.22. The van der Waals surface area contributed by atoms with E-state index >= 15 is 0 Å². The van der Waals surface area contributed by atoms with Gasteiger partial charge < -0.3 is 0 Å². The molecule has 0 radical (unpaired) electrons. The molecule has 0 aromatic carbocycles. The van der Waals surface area contributed by atoms with Gasteiger partial charge in [-0.15, -0.1) is 0 Å². The van der Waals surface area contributed by atoms with Crippen LogP contribution >= 0.6 is 0 Å². The summed E-state index contributed by atoms with van der Waals surface area (Å²) in [6, 6.07) is 0. The average Bonchev–Trinajstić information content (AvgIpc) is 1.99. The standard InChI is InChI=1S/C9H18O3S/c1-5-9(10)8(4)13(11,12)6-7(2)3/h7-8H,5-6H2,1-4H3. The third-order valence-corrected chi connectivity index (χ3v) is 4.38. The third-order valence-electron chi connectivity index (χ3n) is 1.91. The number of carbonyl (C=O) groups excluding carboxylic acids is 1. The van der Waals surface area contributed by atoms with E-state index in [0.29, 0.717) is 6.42 Å². The van der Waals surface area contributed by atoms with Crippen LogP contribution in [0.25, 0.3) is 0 Å². The highest BCUT2D eigenvalue weighted by atomic mass is 32.2. The van der Waals surface area contributed by atoms with Crippen molar-refractivity contribution in [2.75, 3.05) is 5.75 Å². The molecule has 0 aromatic rings. The first-order valence-corrected chi connectivity index (χ1v) is 6.27. The first-order valence-electron chi connectivity index (χ1n) is 4.55. The summed E-state index contributed by atoms with van der Waals surface area (Å²) in [5.74, 6) is -0.0161. The van der Waals surface area contributed by atoms with E-state index in [-0.39, 0.29) is 17.5 Å². The van der Waals surface area contributed by atoms with Crippen LogP contribution < -0.4 is 0 Å². The molecule has 0 aliphatic rings. The second-order valence-electron chi connectivity index (χ2n) is 3.69. The van der Waals surface area contributed by atoms with Gasteiger partial charge in [0.2, 0.25) is 0 Å². The largest absolute Gasteiger partial charge is 0.298 e. The van der Waals surface area contributed by atoms with E-state index in [0.717, 1.165) is 0 Å². The molecule has 0 fully saturated rings. The Bertz CT molecular complexity index is 265. The van der Waals surface area contributed by atoms with E-state index < -0.39 is 15.1 Å². The van der Waals surface area contributed by atoms with E-state index in [2.05, 4.69) is 0 Å². The van der Waals surface area contributed by atoms with Gasteiger partial charge in [0.1, 0.15) is 11.0 Å². The first kappa shape index (κ1) is 12.6. The molecule has 0 bridgehead atoms. The summed E-state index contributed by atoms with van der Waals surface area (Å²) in [5, 5.41) is -0.833. The molecule has 0 aliphatic heterocycles. The van der Waals surface area contributed by atoms with Gasteiger partial charge in [0.15, 0.2) is 9.84 Å². The zero-order valence-corrected chi connectivity index (χ0v) is 9.52. The van der Waals surface area contributed by atoms with E-state index in [1.54, 1.807) is 6.92 Å². The minimum absolute atomic E-state index is 0.0807. The van der Waals surface area contributed by atoms with Crippen molar-refractivity contribution in [1.82, 2.24) is 0 Å². The van der Waals surface area contributed by atoms with Gasteiger partial charge >= 0.3 is 0 Å². The first-order chi connectivity index (χ1) is 5.81. The van der Waals surface area contributed by atoms with Crippen molar-refractivity contribution in [1.29, 1.82) is 0 Å². The summed E-state index contributed by atoms with van der Waals surface area (Å²) in [6.45, 7) is 6.83. The SMILES string of the molecule is CCC(=O)C(C)S(=O)(=O)CC(C)C. The number of Topliss-reactive ketones (excluding diaryl/α,β-unsaturated/α-hetero) is 1. The van der Waals surface area contributed by atoms with E-state index in [1.165, 1.54) is 6.92 Å². The van der Waals surface area contributed by atoms with Crippen LogP contribution in [0, 0.1) is 5.92 Å². The number of sulfone groups is 1. The normalized spacial score (nSPS) is 14.5.